The number of benzene rings is 3. The van der Waals surface area contributed by atoms with Crippen LogP contribution in [0.15, 0.2) is 64.5 Å². The van der Waals surface area contributed by atoms with Gasteiger partial charge in [0.25, 0.3) is 5.56 Å². The fraction of sp³-hybridized carbons (Fsp3) is 0.312. The molecule has 1 atom stereocenters. The van der Waals surface area contributed by atoms with Crippen LogP contribution in [0.4, 0.5) is 0 Å². The molecule has 0 aliphatic heterocycles. The quantitative estimate of drug-likeness (QED) is 0.181. The third-order valence-corrected chi connectivity index (χ3v) is 6.65. The van der Waals surface area contributed by atoms with Gasteiger partial charge >= 0.3 is 5.97 Å². The van der Waals surface area contributed by atoms with E-state index in [9.17, 15) is 9.59 Å². The molecule has 0 bridgehead atoms. The fourth-order valence-electron chi connectivity index (χ4n) is 4.50. The molecule has 214 valence electrons. The SMILES string of the molecule is CCOC(=O)[C@@H](C)Oc1c(C=Nn2c(-c3cc(C(C)C)c(OC)cc3C)nc3ccccc3c2=O)cccc1OC. The van der Waals surface area contributed by atoms with E-state index in [2.05, 4.69) is 18.9 Å². The number of carbonyl (C=O) groups is 1. The van der Waals surface area contributed by atoms with Crippen molar-refractivity contribution in [2.24, 2.45) is 5.10 Å². The second-order valence-corrected chi connectivity index (χ2v) is 9.77. The van der Waals surface area contributed by atoms with Crippen LogP contribution in [0.3, 0.4) is 0 Å². The highest BCUT2D eigenvalue weighted by Gasteiger charge is 2.21. The average Bonchev–Trinajstić information content (AvgIpc) is 2.96. The van der Waals surface area contributed by atoms with Gasteiger partial charge in [0.1, 0.15) is 5.75 Å². The summed E-state index contributed by atoms with van der Waals surface area (Å²) in [6, 6.07) is 16.4. The van der Waals surface area contributed by atoms with Gasteiger partial charge < -0.3 is 18.9 Å². The molecule has 4 aromatic rings. The highest BCUT2D eigenvalue weighted by molar-refractivity contribution is 5.86. The number of rotatable bonds is 10. The second-order valence-electron chi connectivity index (χ2n) is 9.77. The van der Waals surface area contributed by atoms with E-state index in [4.69, 9.17) is 23.9 Å². The zero-order valence-electron chi connectivity index (χ0n) is 24.4. The largest absolute Gasteiger partial charge is 0.496 e. The van der Waals surface area contributed by atoms with E-state index >= 15 is 0 Å². The molecule has 0 aliphatic rings. The Hall–Kier alpha value is -4.66. The summed E-state index contributed by atoms with van der Waals surface area (Å²) in [4.78, 5) is 31.0. The van der Waals surface area contributed by atoms with E-state index in [0.717, 1.165) is 22.4 Å². The average molecular weight is 558 g/mol. The molecule has 0 unspecified atom stereocenters. The summed E-state index contributed by atoms with van der Waals surface area (Å²) in [5.41, 5.74) is 3.37. The van der Waals surface area contributed by atoms with Crippen molar-refractivity contribution in [2.45, 2.75) is 46.6 Å². The topological polar surface area (TPSA) is 101 Å². The van der Waals surface area contributed by atoms with E-state index in [-0.39, 0.29) is 18.1 Å². The van der Waals surface area contributed by atoms with Gasteiger partial charge in [-0.05, 0) is 74.2 Å². The minimum atomic E-state index is -0.893. The number of ether oxygens (including phenoxy) is 4. The van der Waals surface area contributed by atoms with E-state index in [1.807, 2.05) is 25.1 Å². The summed E-state index contributed by atoms with van der Waals surface area (Å²) >= 11 is 0. The summed E-state index contributed by atoms with van der Waals surface area (Å²) in [5.74, 6) is 1.53. The molecule has 9 nitrogen and oxygen atoms in total. The molecule has 0 amide bonds. The number of para-hydroxylation sites is 2. The van der Waals surface area contributed by atoms with Crippen LogP contribution in [-0.2, 0) is 9.53 Å². The summed E-state index contributed by atoms with van der Waals surface area (Å²) in [6.45, 7) is 9.67. The lowest BCUT2D eigenvalue weighted by atomic mass is 9.96. The van der Waals surface area contributed by atoms with Crippen LogP contribution in [-0.4, -0.2) is 48.8 Å². The van der Waals surface area contributed by atoms with Crippen LogP contribution in [0, 0.1) is 6.92 Å². The van der Waals surface area contributed by atoms with Gasteiger partial charge in [0.2, 0.25) is 0 Å². The van der Waals surface area contributed by atoms with Crippen molar-refractivity contribution in [1.82, 2.24) is 9.66 Å². The number of fused-ring (bicyclic) bond motifs is 1. The lowest BCUT2D eigenvalue weighted by Crippen LogP contribution is -2.26. The molecule has 4 rings (SSSR count). The molecule has 0 radical (unpaired) electrons. The third-order valence-electron chi connectivity index (χ3n) is 6.65. The Morgan fingerprint density at radius 1 is 1.02 bits per heavy atom. The maximum atomic E-state index is 13.8. The first-order chi connectivity index (χ1) is 19.7. The fourth-order valence-corrected chi connectivity index (χ4v) is 4.50. The Labute approximate surface area is 239 Å². The molecular formula is C32H35N3O6. The Kier molecular flexibility index (Phi) is 9.07. The van der Waals surface area contributed by atoms with Crippen molar-refractivity contribution in [1.29, 1.82) is 0 Å². The van der Waals surface area contributed by atoms with Gasteiger partial charge in [-0.3, -0.25) is 4.79 Å². The van der Waals surface area contributed by atoms with E-state index < -0.39 is 12.1 Å². The third kappa shape index (κ3) is 6.09. The maximum absolute atomic E-state index is 13.8. The van der Waals surface area contributed by atoms with E-state index in [1.54, 1.807) is 57.4 Å². The minimum Gasteiger partial charge on any atom is -0.496 e. The van der Waals surface area contributed by atoms with Crippen LogP contribution in [0.1, 0.15) is 50.3 Å². The molecule has 0 spiro atoms. The molecule has 0 aliphatic carbocycles. The molecule has 0 saturated heterocycles. The summed E-state index contributed by atoms with van der Waals surface area (Å²) in [6.07, 6.45) is 0.606. The van der Waals surface area contributed by atoms with Crippen molar-refractivity contribution in [3.63, 3.8) is 0 Å². The lowest BCUT2D eigenvalue weighted by molar-refractivity contribution is -0.150. The smallest absolute Gasteiger partial charge is 0.347 e. The van der Waals surface area contributed by atoms with Crippen LogP contribution in [0.5, 0.6) is 17.2 Å². The summed E-state index contributed by atoms with van der Waals surface area (Å²) < 4.78 is 23.5. The van der Waals surface area contributed by atoms with Crippen LogP contribution < -0.4 is 19.8 Å². The first kappa shape index (κ1) is 29.3. The number of nitrogens with zero attached hydrogens (tertiary/aromatic N) is 3. The molecule has 0 fully saturated rings. The first-order valence-electron chi connectivity index (χ1n) is 13.4. The molecule has 41 heavy (non-hydrogen) atoms. The number of aryl methyl sites for hydroxylation is 1. The molecule has 1 heterocycles. The Bertz CT molecular complexity index is 1660. The molecule has 9 heteroatoms. The molecule has 1 aromatic heterocycles. The van der Waals surface area contributed by atoms with Gasteiger partial charge in [-0.1, -0.05) is 32.0 Å². The first-order valence-corrected chi connectivity index (χ1v) is 13.4. The molecule has 0 N–H and O–H groups in total. The zero-order valence-corrected chi connectivity index (χ0v) is 24.4. The summed E-state index contributed by atoms with van der Waals surface area (Å²) in [5, 5.41) is 5.05. The number of esters is 1. The number of hydrogen-bond donors (Lipinski definition) is 0. The van der Waals surface area contributed by atoms with Gasteiger partial charge in [-0.2, -0.15) is 9.78 Å². The van der Waals surface area contributed by atoms with Gasteiger partial charge in [0.15, 0.2) is 23.4 Å². The minimum absolute atomic E-state index is 0.173. The van der Waals surface area contributed by atoms with Crippen LogP contribution in [0.25, 0.3) is 22.3 Å². The number of aromatic nitrogens is 2. The van der Waals surface area contributed by atoms with Gasteiger partial charge in [-0.15, -0.1) is 0 Å². The van der Waals surface area contributed by atoms with Gasteiger partial charge in [0.05, 0.1) is 37.9 Å². The van der Waals surface area contributed by atoms with Crippen molar-refractivity contribution >= 4 is 23.1 Å². The van der Waals surface area contributed by atoms with Crippen molar-refractivity contribution in [2.75, 3.05) is 20.8 Å². The molecule has 3 aromatic carbocycles. The predicted molar refractivity (Wildman–Crippen MR) is 160 cm³/mol. The van der Waals surface area contributed by atoms with Gasteiger partial charge in [-0.25, -0.2) is 9.78 Å². The van der Waals surface area contributed by atoms with Crippen molar-refractivity contribution in [3.05, 3.63) is 81.6 Å². The lowest BCUT2D eigenvalue weighted by Gasteiger charge is -2.18. The maximum Gasteiger partial charge on any atom is 0.347 e. The normalized spacial score (nSPS) is 12.1. The Morgan fingerprint density at radius 2 is 1.76 bits per heavy atom. The monoisotopic (exact) mass is 557 g/mol. The van der Waals surface area contributed by atoms with Crippen LogP contribution in [0.2, 0.25) is 0 Å². The van der Waals surface area contributed by atoms with Crippen molar-refractivity contribution in [3.8, 4) is 28.6 Å². The molecule has 0 saturated carbocycles. The summed E-state index contributed by atoms with van der Waals surface area (Å²) in [7, 11) is 3.15. The highest BCUT2D eigenvalue weighted by Crippen LogP contribution is 2.34. The Balaban J connectivity index is 1.92. The van der Waals surface area contributed by atoms with E-state index in [1.165, 1.54) is 18.0 Å². The molecular weight excluding hydrogens is 522 g/mol. The number of hydrogen-bond acceptors (Lipinski definition) is 8. The predicted octanol–water partition coefficient (Wildman–Crippen LogP) is 5.73. The number of methoxy groups -OCH3 is 2. The zero-order chi connectivity index (χ0) is 29.7. The van der Waals surface area contributed by atoms with Gasteiger partial charge in [0, 0.05) is 11.1 Å². The Morgan fingerprint density at radius 3 is 2.44 bits per heavy atom. The standard InChI is InChI=1S/C32H35N3O6/c1-8-40-32(37)21(5)41-29-22(12-11-15-27(29)38-6)18-33-35-30(34-26-14-10-9-13-23(26)31(35)36)25-17-24(19(2)3)28(39-7)16-20(25)4/h9-19,21H,8H2,1-7H3/t21-/m1/s1. The van der Waals surface area contributed by atoms with E-state index in [0.29, 0.717) is 33.8 Å². The van der Waals surface area contributed by atoms with Crippen molar-refractivity contribution < 1.29 is 23.7 Å². The second kappa shape index (κ2) is 12.7. The number of carbonyl (C=O) groups excluding carboxylic acids is 1. The highest BCUT2D eigenvalue weighted by atomic mass is 16.6. The van der Waals surface area contributed by atoms with Crippen LogP contribution >= 0.6 is 0 Å².